The average Bonchev–Trinajstić information content (AvgIpc) is 2.92. The van der Waals surface area contributed by atoms with E-state index < -0.39 is 21.4 Å². The molecule has 0 radical (unpaired) electrons. The summed E-state index contributed by atoms with van der Waals surface area (Å²) in [5.74, 6) is 11.7. The SMILES string of the molecule is COc1cc(C#Cc2cc(C(C)(C)C)cc(C(C)(C)C)c2)c(C#Cc2cc(C(C)(C)C)cc(C(C)(C)C)c2)cc1OS(=O)(=O)C(F)(F)F. The Kier molecular flexibility index (Phi) is 10.6. The maximum atomic E-state index is 13.3. The van der Waals surface area contributed by atoms with Crippen LogP contribution in [-0.2, 0) is 31.8 Å². The highest BCUT2D eigenvalue weighted by Gasteiger charge is 2.49. The smallest absolute Gasteiger partial charge is 0.493 e. The van der Waals surface area contributed by atoms with Crippen LogP contribution < -0.4 is 8.92 Å². The molecule has 3 aromatic carbocycles. The first-order valence-corrected chi connectivity index (χ1v) is 17.1. The van der Waals surface area contributed by atoms with E-state index in [0.29, 0.717) is 11.1 Å². The molecule has 3 rings (SSSR count). The zero-order chi connectivity index (χ0) is 36.7. The summed E-state index contributed by atoms with van der Waals surface area (Å²) < 4.78 is 73.7. The van der Waals surface area contributed by atoms with Crippen LogP contribution in [0.2, 0.25) is 0 Å². The van der Waals surface area contributed by atoms with E-state index in [-0.39, 0.29) is 33.0 Å². The maximum absolute atomic E-state index is 13.3. The maximum Gasteiger partial charge on any atom is 0.534 e. The molecule has 258 valence electrons. The zero-order valence-corrected chi connectivity index (χ0v) is 31.1. The Morgan fingerprint density at radius 3 is 1.08 bits per heavy atom. The minimum atomic E-state index is -5.98. The van der Waals surface area contributed by atoms with E-state index in [9.17, 15) is 21.6 Å². The Morgan fingerprint density at radius 1 is 0.500 bits per heavy atom. The summed E-state index contributed by atoms with van der Waals surface area (Å²) in [4.78, 5) is 0. The van der Waals surface area contributed by atoms with Gasteiger partial charge in [0.05, 0.1) is 7.11 Å². The lowest BCUT2D eigenvalue weighted by Crippen LogP contribution is -2.28. The topological polar surface area (TPSA) is 52.6 Å². The monoisotopic (exact) mass is 680 g/mol. The van der Waals surface area contributed by atoms with Gasteiger partial charge in [-0.05, 0) is 68.2 Å². The third-order valence-corrected chi connectivity index (χ3v) is 8.77. The molecule has 0 saturated heterocycles. The summed E-state index contributed by atoms with van der Waals surface area (Å²) in [5, 5.41) is 0. The highest BCUT2D eigenvalue weighted by Crippen LogP contribution is 2.36. The number of methoxy groups -OCH3 is 1. The molecular formula is C40H47F3O4S. The van der Waals surface area contributed by atoms with Gasteiger partial charge in [-0.3, -0.25) is 0 Å². The van der Waals surface area contributed by atoms with Gasteiger partial charge in [0.25, 0.3) is 0 Å². The van der Waals surface area contributed by atoms with Crippen LogP contribution in [0, 0.1) is 23.7 Å². The molecule has 0 amide bonds. The Bertz CT molecular complexity index is 1860. The molecule has 0 atom stereocenters. The van der Waals surface area contributed by atoms with Gasteiger partial charge in [0.1, 0.15) is 0 Å². The molecule has 0 aliphatic heterocycles. The van der Waals surface area contributed by atoms with Crippen molar-refractivity contribution in [2.75, 3.05) is 7.11 Å². The molecule has 48 heavy (non-hydrogen) atoms. The highest BCUT2D eigenvalue weighted by molar-refractivity contribution is 7.88. The number of halogens is 3. The lowest BCUT2D eigenvalue weighted by Gasteiger charge is -2.25. The van der Waals surface area contributed by atoms with Crippen LogP contribution in [0.5, 0.6) is 11.5 Å². The lowest BCUT2D eigenvalue weighted by atomic mass is 9.79. The quantitative estimate of drug-likeness (QED) is 0.157. The van der Waals surface area contributed by atoms with Crippen LogP contribution in [0.3, 0.4) is 0 Å². The minimum Gasteiger partial charge on any atom is -0.493 e. The number of hydrogen-bond donors (Lipinski definition) is 0. The predicted molar refractivity (Wildman–Crippen MR) is 188 cm³/mol. The van der Waals surface area contributed by atoms with Gasteiger partial charge < -0.3 is 8.92 Å². The molecule has 0 aromatic heterocycles. The van der Waals surface area contributed by atoms with Gasteiger partial charge in [0, 0.05) is 34.4 Å². The van der Waals surface area contributed by atoms with Crippen LogP contribution in [0.4, 0.5) is 13.2 Å². The second-order valence-electron chi connectivity index (χ2n) is 16.1. The summed E-state index contributed by atoms with van der Waals surface area (Å²) in [6, 6.07) is 14.8. The van der Waals surface area contributed by atoms with E-state index >= 15 is 0 Å². The first-order valence-electron chi connectivity index (χ1n) is 15.7. The van der Waals surface area contributed by atoms with E-state index in [1.54, 1.807) is 0 Å². The summed E-state index contributed by atoms with van der Waals surface area (Å²) in [6.45, 7) is 25.4. The van der Waals surface area contributed by atoms with Gasteiger partial charge in [-0.1, -0.05) is 119 Å². The molecule has 4 nitrogen and oxygen atoms in total. The molecule has 0 spiro atoms. The first kappa shape index (κ1) is 38.6. The summed E-state index contributed by atoms with van der Waals surface area (Å²) in [6.07, 6.45) is 0. The van der Waals surface area contributed by atoms with Crippen LogP contribution in [-0.4, -0.2) is 21.0 Å². The highest BCUT2D eigenvalue weighted by atomic mass is 32.2. The average molecular weight is 681 g/mol. The van der Waals surface area contributed by atoms with Gasteiger partial charge >= 0.3 is 15.6 Å². The van der Waals surface area contributed by atoms with Crippen LogP contribution >= 0.6 is 0 Å². The van der Waals surface area contributed by atoms with Crippen LogP contribution in [0.1, 0.15) is 128 Å². The molecule has 0 aliphatic carbocycles. The molecule has 0 N–H and O–H groups in total. The second kappa shape index (κ2) is 13.2. The van der Waals surface area contributed by atoms with Gasteiger partial charge in [0.2, 0.25) is 0 Å². The standard InChI is InChI=1S/C40H47F3O4S/c1-36(2,3)30-18-26(19-31(24-30)37(4,5)6)14-16-28-22-34(46-13)35(47-48(44,45)40(41,42)43)23-29(28)17-15-27-20-32(38(7,8)9)25-33(21-27)39(10,11)12/h18-25H,1-13H3. The van der Waals surface area contributed by atoms with E-state index in [1.807, 2.05) is 24.3 Å². The molecular weight excluding hydrogens is 633 g/mol. The number of ether oxygens (including phenoxy) is 1. The molecule has 0 saturated carbocycles. The zero-order valence-electron chi connectivity index (χ0n) is 30.3. The van der Waals surface area contributed by atoms with Crippen molar-refractivity contribution in [2.24, 2.45) is 0 Å². The third-order valence-electron chi connectivity index (χ3n) is 7.80. The van der Waals surface area contributed by atoms with Crippen molar-refractivity contribution in [2.45, 2.75) is 110 Å². The van der Waals surface area contributed by atoms with E-state index in [4.69, 9.17) is 4.74 Å². The molecule has 0 heterocycles. The van der Waals surface area contributed by atoms with Crippen molar-refractivity contribution in [3.8, 4) is 35.2 Å². The minimum absolute atomic E-state index is 0.145. The predicted octanol–water partition coefficient (Wildman–Crippen LogP) is 9.91. The molecule has 0 fully saturated rings. The van der Waals surface area contributed by atoms with Crippen molar-refractivity contribution >= 4 is 10.1 Å². The lowest BCUT2D eigenvalue weighted by molar-refractivity contribution is -0.0500. The van der Waals surface area contributed by atoms with Crippen molar-refractivity contribution in [1.29, 1.82) is 0 Å². The molecule has 3 aromatic rings. The number of rotatable bonds is 3. The van der Waals surface area contributed by atoms with E-state index in [2.05, 4.69) is 123 Å². The summed E-state index contributed by atoms with van der Waals surface area (Å²) in [7, 11) is -4.77. The number of alkyl halides is 3. The summed E-state index contributed by atoms with van der Waals surface area (Å²) >= 11 is 0. The fraction of sp³-hybridized carbons (Fsp3) is 0.450. The van der Waals surface area contributed by atoms with Crippen molar-refractivity contribution in [1.82, 2.24) is 0 Å². The summed E-state index contributed by atoms with van der Waals surface area (Å²) in [5.41, 5.74) is 0.0315. The normalized spacial score (nSPS) is 12.8. The fourth-order valence-electron chi connectivity index (χ4n) is 4.57. The third kappa shape index (κ3) is 9.60. The Hall–Kier alpha value is -3.88. The molecule has 0 bridgehead atoms. The Morgan fingerprint density at radius 2 is 0.812 bits per heavy atom. The Balaban J connectivity index is 2.34. The van der Waals surface area contributed by atoms with Gasteiger partial charge in [-0.2, -0.15) is 21.6 Å². The van der Waals surface area contributed by atoms with Gasteiger partial charge in [-0.25, -0.2) is 0 Å². The second-order valence-corrected chi connectivity index (χ2v) is 17.7. The van der Waals surface area contributed by atoms with Gasteiger partial charge in [0.15, 0.2) is 11.5 Å². The Labute approximate surface area is 285 Å². The van der Waals surface area contributed by atoms with Crippen molar-refractivity contribution in [3.05, 3.63) is 93.0 Å². The van der Waals surface area contributed by atoms with Crippen LogP contribution in [0.15, 0.2) is 48.5 Å². The first-order chi connectivity index (χ1) is 21.6. The van der Waals surface area contributed by atoms with E-state index in [0.717, 1.165) is 33.9 Å². The van der Waals surface area contributed by atoms with Crippen molar-refractivity contribution < 1.29 is 30.5 Å². The molecule has 8 heteroatoms. The molecule has 0 unspecified atom stereocenters. The van der Waals surface area contributed by atoms with Crippen molar-refractivity contribution in [3.63, 3.8) is 0 Å². The van der Waals surface area contributed by atoms with Gasteiger partial charge in [-0.15, -0.1) is 0 Å². The number of benzene rings is 3. The number of hydrogen-bond acceptors (Lipinski definition) is 4. The molecule has 0 aliphatic rings. The van der Waals surface area contributed by atoms with E-state index in [1.165, 1.54) is 13.2 Å². The fourth-order valence-corrected chi connectivity index (χ4v) is 5.03. The van der Waals surface area contributed by atoms with Crippen LogP contribution in [0.25, 0.3) is 0 Å². The largest absolute Gasteiger partial charge is 0.534 e.